The van der Waals surface area contributed by atoms with Gasteiger partial charge in [0.15, 0.2) is 0 Å². The molecule has 0 radical (unpaired) electrons. The number of pyridine rings is 1. The maximum atomic E-state index is 11.1. The minimum atomic E-state index is -0.889. The van der Waals surface area contributed by atoms with Gasteiger partial charge < -0.3 is 10.0 Å². The molecule has 0 atom stereocenters. The number of carbonyl (C=O) groups is 1. The first-order valence-electron chi connectivity index (χ1n) is 5.97. The van der Waals surface area contributed by atoms with Crippen molar-refractivity contribution in [3.05, 3.63) is 23.4 Å². The summed E-state index contributed by atoms with van der Waals surface area (Å²) in [6.07, 6.45) is 2.35. The third-order valence-electron chi connectivity index (χ3n) is 3.13. The molecule has 0 amide bonds. The number of hydrogen-bond acceptors (Lipinski definition) is 3. The molecule has 1 fully saturated rings. The average Bonchev–Trinajstić information content (AvgIpc) is 3.11. The Balaban J connectivity index is 2.39. The largest absolute Gasteiger partial charge is 0.478 e. The molecular formula is C13H18N2O2. The zero-order chi connectivity index (χ0) is 12.6. The summed E-state index contributed by atoms with van der Waals surface area (Å²) in [6, 6.07) is 3.86. The van der Waals surface area contributed by atoms with E-state index in [2.05, 4.69) is 9.88 Å². The Morgan fingerprint density at radius 2 is 2.12 bits per heavy atom. The van der Waals surface area contributed by atoms with Gasteiger partial charge in [-0.1, -0.05) is 13.8 Å². The minimum absolute atomic E-state index is 0.237. The number of hydrogen-bond donors (Lipinski definition) is 1. The molecule has 1 saturated carbocycles. The van der Waals surface area contributed by atoms with E-state index >= 15 is 0 Å². The highest BCUT2D eigenvalue weighted by Gasteiger charge is 2.28. The van der Waals surface area contributed by atoms with Crippen LogP contribution < -0.4 is 4.90 Å². The molecular weight excluding hydrogens is 216 g/mol. The summed E-state index contributed by atoms with van der Waals surface area (Å²) in [5.74, 6) is 0.122. The quantitative estimate of drug-likeness (QED) is 0.869. The van der Waals surface area contributed by atoms with Crippen molar-refractivity contribution in [1.29, 1.82) is 0 Å². The van der Waals surface area contributed by atoms with Crippen LogP contribution in [0.5, 0.6) is 0 Å². The molecule has 17 heavy (non-hydrogen) atoms. The zero-order valence-corrected chi connectivity index (χ0v) is 10.5. The maximum Gasteiger partial charge on any atom is 0.335 e. The lowest BCUT2D eigenvalue weighted by molar-refractivity contribution is 0.0696. The molecule has 1 aliphatic rings. The topological polar surface area (TPSA) is 53.4 Å². The Kier molecular flexibility index (Phi) is 3.05. The van der Waals surface area contributed by atoms with Crippen LogP contribution in [0.4, 0.5) is 5.82 Å². The van der Waals surface area contributed by atoms with Crippen molar-refractivity contribution in [2.24, 2.45) is 0 Å². The van der Waals surface area contributed by atoms with Crippen LogP contribution in [0.1, 0.15) is 48.7 Å². The Bertz CT molecular complexity index is 439. The fraction of sp³-hybridized carbons (Fsp3) is 0.538. The summed E-state index contributed by atoms with van der Waals surface area (Å²) in [4.78, 5) is 17.7. The third kappa shape index (κ3) is 2.57. The molecule has 1 aromatic heterocycles. The molecule has 1 heterocycles. The highest BCUT2D eigenvalue weighted by molar-refractivity contribution is 5.88. The normalized spacial score (nSPS) is 15.1. The van der Waals surface area contributed by atoms with E-state index in [-0.39, 0.29) is 5.92 Å². The van der Waals surface area contributed by atoms with Crippen molar-refractivity contribution in [1.82, 2.24) is 4.98 Å². The fourth-order valence-corrected chi connectivity index (χ4v) is 1.79. The van der Waals surface area contributed by atoms with Crippen molar-refractivity contribution in [2.75, 3.05) is 11.9 Å². The summed E-state index contributed by atoms with van der Waals surface area (Å²) >= 11 is 0. The Morgan fingerprint density at radius 1 is 1.47 bits per heavy atom. The number of aromatic carboxylic acids is 1. The molecule has 0 aromatic carbocycles. The van der Waals surface area contributed by atoms with Crippen LogP contribution in [0.3, 0.4) is 0 Å². The van der Waals surface area contributed by atoms with E-state index in [0.29, 0.717) is 11.6 Å². The minimum Gasteiger partial charge on any atom is -0.478 e. The molecule has 1 aromatic rings. The fourth-order valence-electron chi connectivity index (χ4n) is 1.79. The molecule has 0 unspecified atom stereocenters. The van der Waals surface area contributed by atoms with Crippen LogP contribution in [0, 0.1) is 0 Å². The summed E-state index contributed by atoms with van der Waals surface area (Å²) in [6.45, 7) is 4.05. The van der Waals surface area contributed by atoms with Gasteiger partial charge in [0.2, 0.25) is 0 Å². The van der Waals surface area contributed by atoms with Gasteiger partial charge in [-0.2, -0.15) is 0 Å². The van der Waals surface area contributed by atoms with Crippen LogP contribution in [0.25, 0.3) is 0 Å². The number of rotatable bonds is 4. The predicted octanol–water partition coefficient (Wildman–Crippen LogP) is 2.50. The lowest BCUT2D eigenvalue weighted by Gasteiger charge is -2.19. The summed E-state index contributed by atoms with van der Waals surface area (Å²) < 4.78 is 0. The van der Waals surface area contributed by atoms with Crippen LogP contribution in [-0.2, 0) is 0 Å². The van der Waals surface area contributed by atoms with E-state index in [1.807, 2.05) is 20.9 Å². The number of carboxylic acids is 1. The molecule has 1 N–H and O–H groups in total. The van der Waals surface area contributed by atoms with Crippen molar-refractivity contribution < 1.29 is 9.90 Å². The van der Waals surface area contributed by atoms with Crippen LogP contribution in [0.2, 0.25) is 0 Å². The average molecular weight is 234 g/mol. The van der Waals surface area contributed by atoms with E-state index in [9.17, 15) is 4.79 Å². The van der Waals surface area contributed by atoms with Gasteiger partial charge in [0.05, 0.1) is 5.56 Å². The van der Waals surface area contributed by atoms with Gasteiger partial charge in [0.25, 0.3) is 0 Å². The lowest BCUT2D eigenvalue weighted by Crippen LogP contribution is -2.21. The lowest BCUT2D eigenvalue weighted by atomic mass is 10.1. The SMILES string of the molecule is CC(C)c1cc(C(=O)O)cc(N(C)C2CC2)n1. The van der Waals surface area contributed by atoms with Gasteiger partial charge in [-0.05, 0) is 30.9 Å². The van der Waals surface area contributed by atoms with E-state index < -0.39 is 5.97 Å². The first kappa shape index (κ1) is 11.9. The standard InChI is InChI=1S/C13H18N2O2/c1-8(2)11-6-9(13(16)17)7-12(14-11)15(3)10-4-5-10/h6-8,10H,4-5H2,1-3H3,(H,16,17). The summed E-state index contributed by atoms with van der Waals surface area (Å²) in [5.41, 5.74) is 1.17. The molecule has 0 saturated heterocycles. The number of aromatic nitrogens is 1. The van der Waals surface area contributed by atoms with E-state index in [4.69, 9.17) is 5.11 Å². The second-order valence-corrected chi connectivity index (χ2v) is 4.94. The van der Waals surface area contributed by atoms with Crippen molar-refractivity contribution in [2.45, 2.75) is 38.6 Å². The molecule has 4 heteroatoms. The number of carboxylic acid groups (broad SMARTS) is 1. The van der Waals surface area contributed by atoms with E-state index in [1.54, 1.807) is 12.1 Å². The molecule has 1 aliphatic carbocycles. The third-order valence-corrected chi connectivity index (χ3v) is 3.13. The van der Waals surface area contributed by atoms with Gasteiger partial charge in [0, 0.05) is 18.8 Å². The summed E-state index contributed by atoms with van der Waals surface area (Å²) in [7, 11) is 1.98. The Labute approximate surface area is 101 Å². The highest BCUT2D eigenvalue weighted by Crippen LogP contribution is 2.30. The molecule has 0 bridgehead atoms. The summed E-state index contributed by atoms with van der Waals surface area (Å²) in [5, 5.41) is 9.11. The van der Waals surface area contributed by atoms with Gasteiger partial charge in [-0.25, -0.2) is 9.78 Å². The van der Waals surface area contributed by atoms with Crippen molar-refractivity contribution in [3.63, 3.8) is 0 Å². The molecule has 0 aliphatic heterocycles. The zero-order valence-electron chi connectivity index (χ0n) is 10.5. The van der Waals surface area contributed by atoms with E-state index in [0.717, 1.165) is 11.5 Å². The molecule has 0 spiro atoms. The second kappa shape index (κ2) is 4.35. The Morgan fingerprint density at radius 3 is 2.59 bits per heavy atom. The number of anilines is 1. The van der Waals surface area contributed by atoms with Crippen LogP contribution >= 0.6 is 0 Å². The van der Waals surface area contributed by atoms with Crippen molar-refractivity contribution >= 4 is 11.8 Å². The highest BCUT2D eigenvalue weighted by atomic mass is 16.4. The first-order chi connectivity index (χ1) is 7.99. The molecule has 4 nitrogen and oxygen atoms in total. The maximum absolute atomic E-state index is 11.1. The van der Waals surface area contributed by atoms with Gasteiger partial charge in [-0.3, -0.25) is 0 Å². The number of nitrogens with zero attached hydrogens (tertiary/aromatic N) is 2. The van der Waals surface area contributed by atoms with E-state index in [1.165, 1.54) is 12.8 Å². The molecule has 2 rings (SSSR count). The first-order valence-corrected chi connectivity index (χ1v) is 5.97. The monoisotopic (exact) mass is 234 g/mol. The van der Waals surface area contributed by atoms with Crippen molar-refractivity contribution in [3.8, 4) is 0 Å². The van der Waals surface area contributed by atoms with Gasteiger partial charge >= 0.3 is 5.97 Å². The van der Waals surface area contributed by atoms with Crippen LogP contribution in [-0.4, -0.2) is 29.1 Å². The Hall–Kier alpha value is -1.58. The molecule has 92 valence electrons. The predicted molar refractivity (Wildman–Crippen MR) is 66.7 cm³/mol. The van der Waals surface area contributed by atoms with Gasteiger partial charge in [0.1, 0.15) is 5.82 Å². The second-order valence-electron chi connectivity index (χ2n) is 4.94. The smallest absolute Gasteiger partial charge is 0.335 e. The van der Waals surface area contributed by atoms with Gasteiger partial charge in [-0.15, -0.1) is 0 Å². The van der Waals surface area contributed by atoms with Crippen LogP contribution in [0.15, 0.2) is 12.1 Å².